The third-order valence-electron chi connectivity index (χ3n) is 3.81. The third-order valence-corrected chi connectivity index (χ3v) is 3.81. The summed E-state index contributed by atoms with van der Waals surface area (Å²) in [5.41, 5.74) is 2.71. The van der Waals surface area contributed by atoms with Crippen LogP contribution in [0.3, 0.4) is 0 Å². The largest absolute Gasteiger partial charge is 0.487 e. The number of piperidine rings is 1. The fraction of sp³-hybridized carbons (Fsp3) is 0.600. The van der Waals surface area contributed by atoms with Crippen LogP contribution in [0.1, 0.15) is 50.3 Å². The average molecular weight is 231 g/mol. The van der Waals surface area contributed by atoms with Gasteiger partial charge in [-0.15, -0.1) is 0 Å². The molecule has 0 spiro atoms. The van der Waals surface area contributed by atoms with Crippen LogP contribution in [-0.2, 0) is 6.42 Å². The zero-order chi connectivity index (χ0) is 11.9. The minimum atomic E-state index is -0.0346. The van der Waals surface area contributed by atoms with E-state index in [-0.39, 0.29) is 5.60 Å². The second-order valence-corrected chi connectivity index (χ2v) is 5.88. The summed E-state index contributed by atoms with van der Waals surface area (Å²) in [4.78, 5) is 0. The van der Waals surface area contributed by atoms with Gasteiger partial charge in [-0.05, 0) is 38.8 Å². The zero-order valence-corrected chi connectivity index (χ0v) is 10.8. The van der Waals surface area contributed by atoms with Crippen molar-refractivity contribution in [1.29, 1.82) is 0 Å². The van der Waals surface area contributed by atoms with E-state index in [1.54, 1.807) is 0 Å². The molecule has 0 aromatic heterocycles. The fourth-order valence-corrected chi connectivity index (χ4v) is 3.03. The predicted octanol–water partition coefficient (Wildman–Crippen LogP) is 3.21. The SMILES string of the molecule is CC1(C)Cc2cccc(C3CCCCN3)c2O1. The summed E-state index contributed by atoms with van der Waals surface area (Å²) in [6, 6.07) is 7.10. The summed E-state index contributed by atoms with van der Waals surface area (Å²) in [6.07, 6.45) is 4.89. The van der Waals surface area contributed by atoms with E-state index in [1.807, 2.05) is 0 Å². The number of hydrogen-bond acceptors (Lipinski definition) is 2. The first kappa shape index (κ1) is 11.1. The predicted molar refractivity (Wildman–Crippen MR) is 69.4 cm³/mol. The van der Waals surface area contributed by atoms with Crippen LogP contribution in [0.2, 0.25) is 0 Å². The molecule has 1 fully saturated rings. The molecule has 1 N–H and O–H groups in total. The van der Waals surface area contributed by atoms with Crippen LogP contribution >= 0.6 is 0 Å². The lowest BCUT2D eigenvalue weighted by atomic mass is 9.94. The molecule has 0 amide bonds. The van der Waals surface area contributed by atoms with E-state index in [0.717, 1.165) is 18.7 Å². The molecule has 17 heavy (non-hydrogen) atoms. The maximum Gasteiger partial charge on any atom is 0.128 e. The van der Waals surface area contributed by atoms with E-state index in [0.29, 0.717) is 6.04 Å². The maximum atomic E-state index is 6.14. The molecule has 2 heterocycles. The van der Waals surface area contributed by atoms with Crippen molar-refractivity contribution >= 4 is 0 Å². The van der Waals surface area contributed by atoms with Gasteiger partial charge in [-0.2, -0.15) is 0 Å². The molecule has 0 saturated carbocycles. The molecule has 2 aliphatic heterocycles. The highest BCUT2D eigenvalue weighted by atomic mass is 16.5. The highest BCUT2D eigenvalue weighted by Crippen LogP contribution is 2.41. The Hall–Kier alpha value is -1.02. The van der Waals surface area contributed by atoms with E-state index in [4.69, 9.17) is 4.74 Å². The molecule has 1 saturated heterocycles. The Labute approximate surface area is 103 Å². The molecule has 2 nitrogen and oxygen atoms in total. The van der Waals surface area contributed by atoms with Crippen LogP contribution < -0.4 is 10.1 Å². The first-order chi connectivity index (χ1) is 8.16. The summed E-state index contributed by atoms with van der Waals surface area (Å²) in [5.74, 6) is 1.15. The molecule has 0 aliphatic carbocycles. The number of rotatable bonds is 1. The molecule has 2 aliphatic rings. The molecule has 92 valence electrons. The van der Waals surface area contributed by atoms with E-state index < -0.39 is 0 Å². The number of fused-ring (bicyclic) bond motifs is 1. The van der Waals surface area contributed by atoms with Crippen LogP contribution in [0.15, 0.2) is 18.2 Å². The van der Waals surface area contributed by atoms with Crippen LogP contribution in [0.25, 0.3) is 0 Å². The van der Waals surface area contributed by atoms with Crippen molar-refractivity contribution in [2.75, 3.05) is 6.54 Å². The Kier molecular flexibility index (Phi) is 2.62. The van der Waals surface area contributed by atoms with Gasteiger partial charge in [0.1, 0.15) is 11.4 Å². The molecule has 1 aromatic rings. The molecule has 2 heteroatoms. The van der Waals surface area contributed by atoms with Gasteiger partial charge >= 0.3 is 0 Å². The number of ether oxygens (including phenoxy) is 1. The molecule has 1 aromatic carbocycles. The first-order valence-electron chi connectivity index (χ1n) is 6.70. The van der Waals surface area contributed by atoms with E-state index >= 15 is 0 Å². The van der Waals surface area contributed by atoms with Gasteiger partial charge in [0.15, 0.2) is 0 Å². The summed E-state index contributed by atoms with van der Waals surface area (Å²) >= 11 is 0. The zero-order valence-electron chi connectivity index (χ0n) is 10.8. The van der Waals surface area contributed by atoms with E-state index in [2.05, 4.69) is 37.4 Å². The second-order valence-electron chi connectivity index (χ2n) is 5.88. The quantitative estimate of drug-likeness (QED) is 0.801. The van der Waals surface area contributed by atoms with E-state index in [1.165, 1.54) is 30.4 Å². The standard InChI is InChI=1S/C15H21NO/c1-15(2)10-11-6-5-7-12(14(11)17-15)13-8-3-4-9-16-13/h5-7,13,16H,3-4,8-10H2,1-2H3. The van der Waals surface area contributed by atoms with Crippen molar-refractivity contribution in [3.63, 3.8) is 0 Å². The fourth-order valence-electron chi connectivity index (χ4n) is 3.03. The lowest BCUT2D eigenvalue weighted by Crippen LogP contribution is -2.28. The lowest BCUT2D eigenvalue weighted by Gasteiger charge is -2.26. The second kappa shape index (κ2) is 4.02. The third kappa shape index (κ3) is 2.06. The summed E-state index contributed by atoms with van der Waals surface area (Å²) in [6.45, 7) is 5.48. The van der Waals surface area contributed by atoms with Crippen molar-refractivity contribution in [3.8, 4) is 5.75 Å². The van der Waals surface area contributed by atoms with Crippen LogP contribution in [0.5, 0.6) is 5.75 Å². The Morgan fingerprint density at radius 1 is 1.29 bits per heavy atom. The molecule has 0 radical (unpaired) electrons. The number of nitrogens with one attached hydrogen (secondary N) is 1. The van der Waals surface area contributed by atoms with Gasteiger partial charge < -0.3 is 10.1 Å². The van der Waals surface area contributed by atoms with Gasteiger partial charge in [0, 0.05) is 18.0 Å². The Morgan fingerprint density at radius 2 is 2.18 bits per heavy atom. The Morgan fingerprint density at radius 3 is 2.94 bits per heavy atom. The van der Waals surface area contributed by atoms with Crippen LogP contribution in [0, 0.1) is 0 Å². The highest BCUT2D eigenvalue weighted by Gasteiger charge is 2.33. The Balaban J connectivity index is 1.94. The Bertz CT molecular complexity index is 419. The van der Waals surface area contributed by atoms with Gasteiger partial charge in [-0.1, -0.05) is 24.6 Å². The normalized spacial score (nSPS) is 26.4. The highest BCUT2D eigenvalue weighted by molar-refractivity contribution is 5.47. The lowest BCUT2D eigenvalue weighted by molar-refractivity contribution is 0.136. The van der Waals surface area contributed by atoms with Crippen molar-refractivity contribution in [2.45, 2.75) is 51.2 Å². The molecule has 3 rings (SSSR count). The molecule has 0 bridgehead atoms. The van der Waals surface area contributed by atoms with Gasteiger partial charge in [0.25, 0.3) is 0 Å². The summed E-state index contributed by atoms with van der Waals surface area (Å²) in [7, 11) is 0. The number of benzene rings is 1. The molecular formula is C15H21NO. The van der Waals surface area contributed by atoms with Crippen LogP contribution in [-0.4, -0.2) is 12.1 Å². The number of hydrogen-bond donors (Lipinski definition) is 1. The number of para-hydroxylation sites is 1. The van der Waals surface area contributed by atoms with Crippen molar-refractivity contribution in [3.05, 3.63) is 29.3 Å². The van der Waals surface area contributed by atoms with Gasteiger partial charge in [0.05, 0.1) is 0 Å². The van der Waals surface area contributed by atoms with Crippen LogP contribution in [0.4, 0.5) is 0 Å². The maximum absolute atomic E-state index is 6.14. The summed E-state index contributed by atoms with van der Waals surface area (Å²) < 4.78 is 6.14. The first-order valence-corrected chi connectivity index (χ1v) is 6.70. The van der Waals surface area contributed by atoms with Crippen molar-refractivity contribution in [2.24, 2.45) is 0 Å². The van der Waals surface area contributed by atoms with Crippen molar-refractivity contribution in [1.82, 2.24) is 5.32 Å². The molecule has 1 atom stereocenters. The van der Waals surface area contributed by atoms with Gasteiger partial charge in [0.2, 0.25) is 0 Å². The van der Waals surface area contributed by atoms with E-state index in [9.17, 15) is 0 Å². The minimum absolute atomic E-state index is 0.0346. The molecular weight excluding hydrogens is 210 g/mol. The van der Waals surface area contributed by atoms with Gasteiger partial charge in [-0.3, -0.25) is 0 Å². The smallest absolute Gasteiger partial charge is 0.128 e. The van der Waals surface area contributed by atoms with Crippen molar-refractivity contribution < 1.29 is 4.74 Å². The minimum Gasteiger partial charge on any atom is -0.487 e. The average Bonchev–Trinajstić information content (AvgIpc) is 2.63. The monoisotopic (exact) mass is 231 g/mol. The molecule has 1 unspecified atom stereocenters. The van der Waals surface area contributed by atoms with Gasteiger partial charge in [-0.25, -0.2) is 0 Å². The summed E-state index contributed by atoms with van der Waals surface area (Å²) in [5, 5.41) is 3.61. The topological polar surface area (TPSA) is 21.3 Å².